The molecule has 2 rings (SSSR count). The first kappa shape index (κ1) is 14.3. The number of aromatic nitrogens is 3. The van der Waals surface area contributed by atoms with Gasteiger partial charge in [-0.1, -0.05) is 0 Å². The molecule has 108 valence electrons. The predicted molar refractivity (Wildman–Crippen MR) is 77.1 cm³/mol. The topological polar surface area (TPSA) is 88.9 Å². The molecule has 0 atom stereocenters. The zero-order chi connectivity index (χ0) is 14.6. The van der Waals surface area contributed by atoms with E-state index < -0.39 is 10.0 Å². The first-order valence-corrected chi connectivity index (χ1v) is 7.79. The summed E-state index contributed by atoms with van der Waals surface area (Å²) in [5.74, 6) is 0. The van der Waals surface area contributed by atoms with Crippen molar-refractivity contribution in [1.29, 1.82) is 0 Å². The third kappa shape index (κ3) is 3.08. The molecule has 0 aliphatic rings. The molecule has 0 aliphatic heterocycles. The highest BCUT2D eigenvalue weighted by Crippen LogP contribution is 2.20. The molecule has 2 aromatic heterocycles. The van der Waals surface area contributed by atoms with Gasteiger partial charge in [-0.3, -0.25) is 9.40 Å². The minimum Gasteiger partial charge on any atom is -0.383 e. The fraction of sp³-hybridized carbons (Fsp3) is 0.333. The summed E-state index contributed by atoms with van der Waals surface area (Å²) in [6.45, 7) is 5.10. The average molecular weight is 295 g/mol. The number of pyridine rings is 1. The summed E-state index contributed by atoms with van der Waals surface area (Å²) in [7, 11) is -3.74. The van der Waals surface area contributed by atoms with Gasteiger partial charge in [-0.15, -0.1) is 0 Å². The van der Waals surface area contributed by atoms with Crippen LogP contribution in [0.4, 0.5) is 11.4 Å². The van der Waals surface area contributed by atoms with Crippen molar-refractivity contribution in [2.24, 2.45) is 0 Å². The van der Waals surface area contributed by atoms with Crippen LogP contribution in [0.25, 0.3) is 0 Å². The van der Waals surface area contributed by atoms with Gasteiger partial charge in [0.25, 0.3) is 10.0 Å². The third-order valence-electron chi connectivity index (χ3n) is 2.60. The van der Waals surface area contributed by atoms with Crippen molar-refractivity contribution in [3.05, 3.63) is 30.7 Å². The maximum atomic E-state index is 12.3. The van der Waals surface area contributed by atoms with Crippen LogP contribution in [0.15, 0.2) is 35.7 Å². The highest BCUT2D eigenvalue weighted by Gasteiger charge is 2.20. The highest BCUT2D eigenvalue weighted by atomic mass is 32.2. The number of aryl methyl sites for hydroxylation is 1. The SMILES string of the molecule is CCNc1cccnc1S(=O)(=O)Nc1cnn(CC)c1. The number of nitrogens with one attached hydrogen (secondary N) is 2. The van der Waals surface area contributed by atoms with Gasteiger partial charge in [0, 0.05) is 25.5 Å². The van der Waals surface area contributed by atoms with Crippen LogP contribution >= 0.6 is 0 Å². The van der Waals surface area contributed by atoms with Gasteiger partial charge < -0.3 is 5.32 Å². The Morgan fingerprint density at radius 1 is 1.35 bits per heavy atom. The Balaban J connectivity index is 2.30. The predicted octanol–water partition coefficient (Wildman–Crippen LogP) is 1.53. The summed E-state index contributed by atoms with van der Waals surface area (Å²) in [6.07, 6.45) is 4.55. The van der Waals surface area contributed by atoms with Gasteiger partial charge in [0.1, 0.15) is 0 Å². The van der Waals surface area contributed by atoms with E-state index in [4.69, 9.17) is 0 Å². The van der Waals surface area contributed by atoms with Gasteiger partial charge in [0.2, 0.25) is 0 Å². The van der Waals surface area contributed by atoms with Crippen LogP contribution in [0.3, 0.4) is 0 Å². The van der Waals surface area contributed by atoms with Crippen molar-refractivity contribution >= 4 is 21.4 Å². The van der Waals surface area contributed by atoms with E-state index in [2.05, 4.69) is 20.1 Å². The lowest BCUT2D eigenvalue weighted by Gasteiger charge is -2.10. The molecule has 20 heavy (non-hydrogen) atoms. The van der Waals surface area contributed by atoms with Crippen molar-refractivity contribution < 1.29 is 8.42 Å². The summed E-state index contributed by atoms with van der Waals surface area (Å²) in [6, 6.07) is 3.37. The fourth-order valence-corrected chi connectivity index (χ4v) is 2.86. The molecule has 0 aliphatic carbocycles. The fourth-order valence-electron chi connectivity index (χ4n) is 1.72. The van der Waals surface area contributed by atoms with Crippen LogP contribution in [-0.2, 0) is 16.6 Å². The van der Waals surface area contributed by atoms with Gasteiger partial charge in [-0.2, -0.15) is 13.5 Å². The molecule has 0 spiro atoms. The van der Waals surface area contributed by atoms with E-state index in [-0.39, 0.29) is 5.03 Å². The number of hydrogen-bond acceptors (Lipinski definition) is 5. The van der Waals surface area contributed by atoms with Gasteiger partial charge >= 0.3 is 0 Å². The lowest BCUT2D eigenvalue weighted by molar-refractivity contribution is 0.598. The Morgan fingerprint density at radius 2 is 2.15 bits per heavy atom. The van der Waals surface area contributed by atoms with Crippen LogP contribution < -0.4 is 10.0 Å². The van der Waals surface area contributed by atoms with Gasteiger partial charge in [0.05, 0.1) is 17.6 Å². The maximum Gasteiger partial charge on any atom is 0.281 e. The van der Waals surface area contributed by atoms with E-state index >= 15 is 0 Å². The van der Waals surface area contributed by atoms with Gasteiger partial charge in [-0.05, 0) is 26.0 Å². The Kier molecular flexibility index (Phi) is 4.23. The normalized spacial score (nSPS) is 11.3. The minimum atomic E-state index is -3.74. The molecule has 8 heteroatoms. The van der Waals surface area contributed by atoms with E-state index in [0.29, 0.717) is 24.5 Å². The standard InChI is InChI=1S/C12H17N5O2S/c1-3-13-11-6-5-7-14-12(11)20(18,19)16-10-8-15-17(4-2)9-10/h5-9,13,16H,3-4H2,1-2H3. The number of rotatable bonds is 6. The summed E-state index contributed by atoms with van der Waals surface area (Å²) < 4.78 is 28.8. The first-order valence-electron chi connectivity index (χ1n) is 6.31. The lowest BCUT2D eigenvalue weighted by Crippen LogP contribution is -2.16. The monoisotopic (exact) mass is 295 g/mol. The molecule has 2 N–H and O–H groups in total. The molecule has 2 aromatic rings. The molecule has 0 amide bonds. The molecule has 0 unspecified atom stereocenters. The molecule has 0 radical (unpaired) electrons. The van der Waals surface area contributed by atoms with E-state index in [0.717, 1.165) is 0 Å². The zero-order valence-electron chi connectivity index (χ0n) is 11.4. The zero-order valence-corrected chi connectivity index (χ0v) is 12.2. The Morgan fingerprint density at radius 3 is 2.80 bits per heavy atom. The van der Waals surface area contributed by atoms with Gasteiger partial charge in [-0.25, -0.2) is 4.98 Å². The van der Waals surface area contributed by atoms with Crippen LogP contribution in [0, 0.1) is 0 Å². The second-order valence-corrected chi connectivity index (χ2v) is 5.67. The van der Waals surface area contributed by atoms with Crippen molar-refractivity contribution in [3.8, 4) is 0 Å². The smallest absolute Gasteiger partial charge is 0.281 e. The van der Waals surface area contributed by atoms with Crippen molar-refractivity contribution in [2.75, 3.05) is 16.6 Å². The summed E-state index contributed by atoms with van der Waals surface area (Å²) >= 11 is 0. The number of sulfonamides is 1. The Bertz CT molecular complexity index is 681. The average Bonchev–Trinajstić information content (AvgIpc) is 2.86. The molecule has 2 heterocycles. The molecule has 0 fully saturated rings. The highest BCUT2D eigenvalue weighted by molar-refractivity contribution is 7.92. The molecular weight excluding hydrogens is 278 g/mol. The molecular formula is C12H17N5O2S. The number of hydrogen-bond donors (Lipinski definition) is 2. The van der Waals surface area contributed by atoms with Crippen LogP contribution in [0.1, 0.15) is 13.8 Å². The molecule has 0 saturated carbocycles. The van der Waals surface area contributed by atoms with Crippen molar-refractivity contribution in [2.45, 2.75) is 25.4 Å². The minimum absolute atomic E-state index is 0.0221. The first-order chi connectivity index (χ1) is 9.56. The van der Waals surface area contributed by atoms with Crippen LogP contribution in [0.2, 0.25) is 0 Å². The summed E-state index contributed by atoms with van der Waals surface area (Å²) in [5.41, 5.74) is 0.894. The van der Waals surface area contributed by atoms with Crippen LogP contribution in [0.5, 0.6) is 0 Å². The summed E-state index contributed by atoms with van der Waals surface area (Å²) in [5, 5.41) is 6.98. The number of nitrogens with zero attached hydrogens (tertiary/aromatic N) is 3. The maximum absolute atomic E-state index is 12.3. The lowest BCUT2D eigenvalue weighted by atomic mass is 10.4. The number of anilines is 2. The Labute approximate surface area is 118 Å². The van der Waals surface area contributed by atoms with E-state index in [1.807, 2.05) is 13.8 Å². The van der Waals surface area contributed by atoms with Crippen molar-refractivity contribution in [3.63, 3.8) is 0 Å². The Hall–Kier alpha value is -2.09. The van der Waals surface area contributed by atoms with Gasteiger partial charge in [0.15, 0.2) is 5.03 Å². The molecule has 0 aromatic carbocycles. The van der Waals surface area contributed by atoms with Crippen molar-refractivity contribution in [1.82, 2.24) is 14.8 Å². The van der Waals surface area contributed by atoms with Crippen LogP contribution in [-0.4, -0.2) is 29.7 Å². The molecule has 0 saturated heterocycles. The third-order valence-corrected chi connectivity index (χ3v) is 3.94. The van der Waals surface area contributed by atoms with E-state index in [9.17, 15) is 8.42 Å². The molecule has 0 bridgehead atoms. The van der Waals surface area contributed by atoms with E-state index in [1.165, 1.54) is 12.4 Å². The second kappa shape index (κ2) is 5.91. The quantitative estimate of drug-likeness (QED) is 0.843. The molecule has 7 nitrogen and oxygen atoms in total. The second-order valence-electron chi connectivity index (χ2n) is 4.08. The van der Waals surface area contributed by atoms with E-state index in [1.54, 1.807) is 23.0 Å². The largest absolute Gasteiger partial charge is 0.383 e. The summed E-state index contributed by atoms with van der Waals surface area (Å²) in [4.78, 5) is 3.95.